The molecule has 1 unspecified atom stereocenters. The van der Waals surface area contributed by atoms with Crippen molar-refractivity contribution in [2.24, 2.45) is 17.4 Å². The Morgan fingerprint density at radius 3 is 2.06 bits per heavy atom. The van der Waals surface area contributed by atoms with Crippen molar-refractivity contribution < 1.29 is 19.8 Å². The Morgan fingerprint density at radius 1 is 1.33 bits per heavy atom. The van der Waals surface area contributed by atoms with Crippen LogP contribution < -0.4 is 11.5 Å². The fourth-order valence-electron chi connectivity index (χ4n) is 1.02. The Hall–Kier alpha value is -1.14. The van der Waals surface area contributed by atoms with Gasteiger partial charge in [-0.2, -0.15) is 0 Å². The monoisotopic (exact) mass is 262 g/mol. The van der Waals surface area contributed by atoms with Gasteiger partial charge < -0.3 is 21.7 Å². The molecule has 18 heavy (non-hydrogen) atoms. The van der Waals surface area contributed by atoms with Gasteiger partial charge in [-0.3, -0.25) is 9.59 Å². The van der Waals surface area contributed by atoms with E-state index in [0.717, 1.165) is 12.8 Å². The number of carboxylic acids is 2. The molecule has 0 bridgehead atoms. The average Bonchev–Trinajstić information content (AvgIpc) is 2.27. The highest BCUT2D eigenvalue weighted by Gasteiger charge is 2.26. The first-order valence-electron chi connectivity index (χ1n) is 6.14. The topological polar surface area (TPSA) is 127 Å². The average molecular weight is 262 g/mol. The summed E-state index contributed by atoms with van der Waals surface area (Å²) in [5.74, 6) is -1.98. The van der Waals surface area contributed by atoms with Crippen LogP contribution in [0.5, 0.6) is 0 Å². The molecule has 0 saturated carbocycles. The molecule has 0 amide bonds. The maximum absolute atomic E-state index is 10.4. The zero-order chi connectivity index (χ0) is 14.8. The molecule has 6 heteroatoms. The van der Waals surface area contributed by atoms with Crippen LogP contribution in [0.4, 0.5) is 0 Å². The molecule has 6 nitrogen and oxygen atoms in total. The summed E-state index contributed by atoms with van der Waals surface area (Å²) in [6.07, 6.45) is 2.98. The van der Waals surface area contributed by atoms with E-state index in [-0.39, 0.29) is 5.92 Å². The molecule has 0 saturated heterocycles. The fourth-order valence-corrected chi connectivity index (χ4v) is 1.02. The van der Waals surface area contributed by atoms with Crippen molar-refractivity contribution in [1.29, 1.82) is 0 Å². The van der Waals surface area contributed by atoms with Gasteiger partial charge in [0.2, 0.25) is 0 Å². The van der Waals surface area contributed by atoms with Crippen molar-refractivity contribution in [2.75, 3.05) is 6.54 Å². The first-order chi connectivity index (χ1) is 8.18. The predicted octanol–water partition coefficient (Wildman–Crippen LogP) is 1.03. The molecule has 0 aliphatic carbocycles. The van der Waals surface area contributed by atoms with Crippen LogP contribution in [0.2, 0.25) is 0 Å². The highest BCUT2D eigenvalue weighted by atomic mass is 16.4. The Morgan fingerprint density at radius 2 is 1.83 bits per heavy atom. The van der Waals surface area contributed by atoms with E-state index in [4.69, 9.17) is 21.7 Å². The zero-order valence-corrected chi connectivity index (χ0v) is 11.5. The normalized spacial score (nSPS) is 14.9. The summed E-state index contributed by atoms with van der Waals surface area (Å²) in [6.45, 7) is 5.66. The van der Waals surface area contributed by atoms with Crippen LogP contribution in [-0.4, -0.2) is 34.2 Å². The Balaban J connectivity index is 0. The lowest BCUT2D eigenvalue weighted by atomic mass is 9.97. The summed E-state index contributed by atoms with van der Waals surface area (Å²) in [7, 11) is 0. The number of nitrogens with two attached hydrogens (primary N) is 2. The minimum absolute atomic E-state index is 0.292. The number of hydrogen-bond donors (Lipinski definition) is 4. The summed E-state index contributed by atoms with van der Waals surface area (Å²) in [4.78, 5) is 20.4. The van der Waals surface area contributed by atoms with Crippen LogP contribution in [0.3, 0.4) is 0 Å². The van der Waals surface area contributed by atoms with Gasteiger partial charge in [0.1, 0.15) is 5.54 Å². The molecule has 0 rings (SSSR count). The molecule has 0 aliphatic heterocycles. The second-order valence-electron chi connectivity index (χ2n) is 4.64. The van der Waals surface area contributed by atoms with Crippen LogP contribution in [-0.2, 0) is 9.59 Å². The molecule has 6 N–H and O–H groups in total. The van der Waals surface area contributed by atoms with Crippen LogP contribution in [0.25, 0.3) is 0 Å². The van der Waals surface area contributed by atoms with Gasteiger partial charge in [-0.15, -0.1) is 0 Å². The number of carbonyl (C=O) groups is 2. The van der Waals surface area contributed by atoms with E-state index in [0.29, 0.717) is 19.4 Å². The molecule has 108 valence electrons. The van der Waals surface area contributed by atoms with Crippen molar-refractivity contribution in [1.82, 2.24) is 0 Å². The molecule has 0 aromatic carbocycles. The molecule has 0 radical (unpaired) electrons. The van der Waals surface area contributed by atoms with Crippen LogP contribution in [0.15, 0.2) is 0 Å². The van der Waals surface area contributed by atoms with Gasteiger partial charge in [-0.25, -0.2) is 0 Å². The molecule has 2 atom stereocenters. The standard InChI is InChI=1S/C7H15NO2.C5H11NO2/c1-3-4-5-7(2,8)6(9)10;1-4(2-3-6)5(7)8/h3-5,8H2,1-2H3,(H,9,10);4H,2-3,6H2,1H3,(H,7,8)/t7-;/m0./s1. The molecule has 0 spiro atoms. The molecule has 0 heterocycles. The number of hydrogen-bond acceptors (Lipinski definition) is 4. The van der Waals surface area contributed by atoms with Crippen molar-refractivity contribution in [3.05, 3.63) is 0 Å². The highest BCUT2D eigenvalue weighted by molar-refractivity contribution is 5.77. The molecule has 0 aliphatic rings. The largest absolute Gasteiger partial charge is 0.481 e. The molecular formula is C12H26N2O4. The van der Waals surface area contributed by atoms with Crippen LogP contribution in [0.1, 0.15) is 46.5 Å². The van der Waals surface area contributed by atoms with Gasteiger partial charge in [-0.1, -0.05) is 26.7 Å². The maximum Gasteiger partial charge on any atom is 0.323 e. The van der Waals surface area contributed by atoms with Gasteiger partial charge in [0, 0.05) is 0 Å². The van der Waals surface area contributed by atoms with E-state index in [1.807, 2.05) is 6.92 Å². The SMILES string of the molecule is CC(CCN)C(=O)O.CCCC[C@](C)(N)C(=O)O. The molecular weight excluding hydrogens is 236 g/mol. The predicted molar refractivity (Wildman–Crippen MR) is 70.2 cm³/mol. The smallest absolute Gasteiger partial charge is 0.323 e. The Kier molecular flexibility index (Phi) is 10.5. The second kappa shape index (κ2) is 9.85. The first kappa shape index (κ1) is 19.2. The second-order valence-corrected chi connectivity index (χ2v) is 4.64. The van der Waals surface area contributed by atoms with Gasteiger partial charge in [0.05, 0.1) is 5.92 Å². The van der Waals surface area contributed by atoms with E-state index >= 15 is 0 Å². The van der Waals surface area contributed by atoms with Crippen LogP contribution in [0, 0.1) is 5.92 Å². The lowest BCUT2D eigenvalue weighted by Crippen LogP contribution is -2.44. The summed E-state index contributed by atoms with van der Waals surface area (Å²) in [5.41, 5.74) is 9.52. The van der Waals surface area contributed by atoms with Gasteiger partial charge in [0.25, 0.3) is 0 Å². The minimum Gasteiger partial charge on any atom is -0.481 e. The summed E-state index contributed by atoms with van der Waals surface area (Å²) >= 11 is 0. The number of carboxylic acid groups (broad SMARTS) is 2. The molecule has 0 fully saturated rings. The maximum atomic E-state index is 10.4. The number of unbranched alkanes of at least 4 members (excludes halogenated alkanes) is 1. The first-order valence-corrected chi connectivity index (χ1v) is 6.14. The van der Waals surface area contributed by atoms with Crippen molar-refractivity contribution in [3.63, 3.8) is 0 Å². The lowest BCUT2D eigenvalue weighted by Gasteiger charge is -2.17. The quantitative estimate of drug-likeness (QED) is 0.543. The minimum atomic E-state index is -1.03. The Labute approximate surface area is 108 Å². The van der Waals surface area contributed by atoms with E-state index in [1.165, 1.54) is 0 Å². The molecule has 0 aromatic heterocycles. The number of rotatable bonds is 7. The third kappa shape index (κ3) is 10.0. The summed E-state index contributed by atoms with van der Waals surface area (Å²) in [6, 6.07) is 0. The summed E-state index contributed by atoms with van der Waals surface area (Å²) in [5, 5.41) is 16.8. The Bertz CT molecular complexity index is 254. The highest BCUT2D eigenvalue weighted by Crippen LogP contribution is 2.09. The number of aliphatic carboxylic acids is 2. The zero-order valence-electron chi connectivity index (χ0n) is 11.5. The van der Waals surface area contributed by atoms with Gasteiger partial charge >= 0.3 is 11.9 Å². The van der Waals surface area contributed by atoms with E-state index in [1.54, 1.807) is 13.8 Å². The van der Waals surface area contributed by atoms with E-state index in [2.05, 4.69) is 0 Å². The van der Waals surface area contributed by atoms with Gasteiger partial charge in [-0.05, 0) is 26.3 Å². The van der Waals surface area contributed by atoms with Gasteiger partial charge in [0.15, 0.2) is 0 Å². The summed E-state index contributed by atoms with van der Waals surface area (Å²) < 4.78 is 0. The van der Waals surface area contributed by atoms with E-state index in [9.17, 15) is 9.59 Å². The van der Waals surface area contributed by atoms with Crippen molar-refractivity contribution in [2.45, 2.75) is 52.0 Å². The lowest BCUT2D eigenvalue weighted by molar-refractivity contribution is -0.143. The molecule has 0 aromatic rings. The van der Waals surface area contributed by atoms with Crippen LogP contribution >= 0.6 is 0 Å². The van der Waals surface area contributed by atoms with E-state index < -0.39 is 17.5 Å². The fraction of sp³-hybridized carbons (Fsp3) is 0.833. The van der Waals surface area contributed by atoms with Crippen molar-refractivity contribution >= 4 is 11.9 Å². The third-order valence-electron chi connectivity index (χ3n) is 2.56. The third-order valence-corrected chi connectivity index (χ3v) is 2.56. The van der Waals surface area contributed by atoms with Crippen molar-refractivity contribution in [3.8, 4) is 0 Å².